The average molecular weight is 199 g/mol. The third kappa shape index (κ3) is 2.63. The lowest BCUT2D eigenvalue weighted by Crippen LogP contribution is -2.46. The second-order valence-corrected chi connectivity index (χ2v) is 4.24. The molecule has 14 heavy (non-hydrogen) atoms. The summed E-state index contributed by atoms with van der Waals surface area (Å²) in [6, 6.07) is 0.307. The van der Waals surface area contributed by atoms with Crippen LogP contribution in [0.25, 0.3) is 0 Å². The zero-order chi connectivity index (χ0) is 10.6. The second kappa shape index (κ2) is 5.23. The Hall–Kier alpha value is -0.730. The summed E-state index contributed by atoms with van der Waals surface area (Å²) in [6.45, 7) is 4.40. The Balaban J connectivity index is 2.54. The molecule has 3 atom stereocenters. The van der Waals surface area contributed by atoms with Gasteiger partial charge in [0, 0.05) is 6.04 Å². The first kappa shape index (κ1) is 11.3. The van der Waals surface area contributed by atoms with Gasteiger partial charge in [-0.05, 0) is 24.7 Å². The normalized spacial score (nSPS) is 32.4. The first-order valence-corrected chi connectivity index (χ1v) is 5.53. The van der Waals surface area contributed by atoms with Gasteiger partial charge in [0.2, 0.25) is 0 Å². The van der Waals surface area contributed by atoms with Gasteiger partial charge in [0.25, 0.3) is 0 Å². The molecule has 82 valence electrons. The SMILES string of the molecule is CCC1CCCC(C)C1NC(=O)OC. The average Bonchev–Trinajstić information content (AvgIpc) is 2.20. The molecule has 1 aliphatic carbocycles. The number of hydrogen-bond acceptors (Lipinski definition) is 2. The maximum atomic E-state index is 11.2. The third-order valence-corrected chi connectivity index (χ3v) is 3.35. The maximum absolute atomic E-state index is 11.2. The number of methoxy groups -OCH3 is 1. The van der Waals surface area contributed by atoms with E-state index in [0.29, 0.717) is 17.9 Å². The number of alkyl carbamates (subject to hydrolysis) is 1. The molecule has 0 saturated heterocycles. The molecule has 0 heterocycles. The monoisotopic (exact) mass is 199 g/mol. The Morgan fingerprint density at radius 1 is 1.50 bits per heavy atom. The van der Waals surface area contributed by atoms with Gasteiger partial charge >= 0.3 is 6.09 Å². The van der Waals surface area contributed by atoms with E-state index < -0.39 is 0 Å². The highest BCUT2D eigenvalue weighted by Crippen LogP contribution is 2.31. The molecule has 1 fully saturated rings. The number of hydrogen-bond donors (Lipinski definition) is 1. The first-order chi connectivity index (χ1) is 6.69. The van der Waals surface area contributed by atoms with Crippen molar-refractivity contribution in [2.45, 2.75) is 45.6 Å². The molecule has 0 radical (unpaired) electrons. The lowest BCUT2D eigenvalue weighted by molar-refractivity contribution is 0.139. The van der Waals surface area contributed by atoms with E-state index in [1.807, 2.05) is 0 Å². The molecule has 0 aliphatic heterocycles. The van der Waals surface area contributed by atoms with Crippen LogP contribution in [0.5, 0.6) is 0 Å². The van der Waals surface area contributed by atoms with Gasteiger partial charge < -0.3 is 10.1 Å². The minimum Gasteiger partial charge on any atom is -0.453 e. The molecule has 3 nitrogen and oxygen atoms in total. The number of nitrogens with one attached hydrogen (secondary N) is 1. The third-order valence-electron chi connectivity index (χ3n) is 3.35. The van der Waals surface area contributed by atoms with Crippen molar-refractivity contribution in [2.24, 2.45) is 11.8 Å². The van der Waals surface area contributed by atoms with Crippen LogP contribution in [-0.4, -0.2) is 19.2 Å². The van der Waals surface area contributed by atoms with E-state index in [-0.39, 0.29) is 6.09 Å². The molecule has 3 heteroatoms. The fourth-order valence-electron chi connectivity index (χ4n) is 2.44. The van der Waals surface area contributed by atoms with Gasteiger partial charge in [-0.15, -0.1) is 0 Å². The highest BCUT2D eigenvalue weighted by molar-refractivity contribution is 5.67. The van der Waals surface area contributed by atoms with Crippen LogP contribution in [0.4, 0.5) is 4.79 Å². The lowest BCUT2D eigenvalue weighted by atomic mass is 9.76. The van der Waals surface area contributed by atoms with Crippen molar-refractivity contribution in [2.75, 3.05) is 7.11 Å². The number of carbonyl (C=O) groups excluding carboxylic acids is 1. The molecule has 3 unspecified atom stereocenters. The molecule has 1 amide bonds. The van der Waals surface area contributed by atoms with Gasteiger partial charge in [0.05, 0.1) is 7.11 Å². The molecule has 0 aromatic rings. The predicted octanol–water partition coefficient (Wildman–Crippen LogP) is 2.56. The lowest BCUT2D eigenvalue weighted by Gasteiger charge is -2.36. The van der Waals surface area contributed by atoms with E-state index in [9.17, 15) is 4.79 Å². The summed E-state index contributed by atoms with van der Waals surface area (Å²) in [6.07, 6.45) is 4.58. The summed E-state index contributed by atoms with van der Waals surface area (Å²) in [5.74, 6) is 1.20. The highest BCUT2D eigenvalue weighted by atomic mass is 16.5. The van der Waals surface area contributed by atoms with Crippen molar-refractivity contribution >= 4 is 6.09 Å². The summed E-state index contributed by atoms with van der Waals surface area (Å²) >= 11 is 0. The van der Waals surface area contributed by atoms with Crippen molar-refractivity contribution in [1.29, 1.82) is 0 Å². The molecule has 0 bridgehead atoms. The molecule has 1 N–H and O–H groups in total. The summed E-state index contributed by atoms with van der Waals surface area (Å²) in [5, 5.41) is 2.96. The van der Waals surface area contributed by atoms with E-state index >= 15 is 0 Å². The highest BCUT2D eigenvalue weighted by Gasteiger charge is 2.30. The predicted molar refractivity (Wildman–Crippen MR) is 56.1 cm³/mol. The van der Waals surface area contributed by atoms with Crippen LogP contribution in [0.2, 0.25) is 0 Å². The summed E-state index contributed by atoms with van der Waals surface area (Å²) < 4.78 is 4.64. The summed E-state index contributed by atoms with van der Waals surface area (Å²) in [7, 11) is 1.42. The van der Waals surface area contributed by atoms with E-state index in [4.69, 9.17) is 0 Å². The molecule has 1 saturated carbocycles. The molecule has 0 aromatic heterocycles. The van der Waals surface area contributed by atoms with Crippen LogP contribution in [0, 0.1) is 11.8 Å². The standard InChI is InChI=1S/C11H21NO2/c1-4-9-7-5-6-8(2)10(9)12-11(13)14-3/h8-10H,4-7H2,1-3H3,(H,12,13). The van der Waals surface area contributed by atoms with Gasteiger partial charge in [-0.2, -0.15) is 0 Å². The van der Waals surface area contributed by atoms with Crippen LogP contribution in [-0.2, 0) is 4.74 Å². The van der Waals surface area contributed by atoms with Gasteiger partial charge in [-0.1, -0.05) is 26.7 Å². The summed E-state index contributed by atoms with van der Waals surface area (Å²) in [5.41, 5.74) is 0. The van der Waals surface area contributed by atoms with E-state index in [1.54, 1.807) is 0 Å². The number of ether oxygens (including phenoxy) is 1. The Morgan fingerprint density at radius 3 is 2.79 bits per heavy atom. The fraction of sp³-hybridized carbons (Fsp3) is 0.909. The van der Waals surface area contributed by atoms with Crippen LogP contribution >= 0.6 is 0 Å². The van der Waals surface area contributed by atoms with Crippen LogP contribution in [0.15, 0.2) is 0 Å². The van der Waals surface area contributed by atoms with Crippen LogP contribution in [0.1, 0.15) is 39.5 Å². The smallest absolute Gasteiger partial charge is 0.407 e. The number of carbonyl (C=O) groups is 1. The van der Waals surface area contributed by atoms with Crippen LogP contribution in [0.3, 0.4) is 0 Å². The molecular formula is C11H21NO2. The van der Waals surface area contributed by atoms with Gasteiger partial charge in [0.15, 0.2) is 0 Å². The molecule has 1 aliphatic rings. The largest absolute Gasteiger partial charge is 0.453 e. The van der Waals surface area contributed by atoms with E-state index in [1.165, 1.54) is 26.4 Å². The van der Waals surface area contributed by atoms with Gasteiger partial charge in [-0.25, -0.2) is 4.79 Å². The number of rotatable bonds is 2. The van der Waals surface area contributed by atoms with Crippen molar-refractivity contribution in [3.8, 4) is 0 Å². The minimum atomic E-state index is -0.290. The topological polar surface area (TPSA) is 38.3 Å². The molecule has 0 spiro atoms. The maximum Gasteiger partial charge on any atom is 0.407 e. The zero-order valence-corrected chi connectivity index (χ0v) is 9.38. The van der Waals surface area contributed by atoms with Crippen molar-refractivity contribution < 1.29 is 9.53 Å². The van der Waals surface area contributed by atoms with E-state index in [0.717, 1.165) is 6.42 Å². The van der Waals surface area contributed by atoms with Gasteiger partial charge in [-0.3, -0.25) is 0 Å². The Labute approximate surface area is 86.2 Å². The quantitative estimate of drug-likeness (QED) is 0.742. The first-order valence-electron chi connectivity index (χ1n) is 5.53. The van der Waals surface area contributed by atoms with Crippen molar-refractivity contribution in [3.05, 3.63) is 0 Å². The van der Waals surface area contributed by atoms with Gasteiger partial charge in [0.1, 0.15) is 0 Å². The second-order valence-electron chi connectivity index (χ2n) is 4.24. The molecule has 1 rings (SSSR count). The van der Waals surface area contributed by atoms with E-state index in [2.05, 4.69) is 23.9 Å². The van der Waals surface area contributed by atoms with Crippen LogP contribution < -0.4 is 5.32 Å². The van der Waals surface area contributed by atoms with Crippen molar-refractivity contribution in [3.63, 3.8) is 0 Å². The Bertz CT molecular complexity index is 194. The zero-order valence-electron chi connectivity index (χ0n) is 9.38. The minimum absolute atomic E-state index is 0.290. The van der Waals surface area contributed by atoms with Crippen molar-refractivity contribution in [1.82, 2.24) is 5.32 Å². The fourth-order valence-corrected chi connectivity index (χ4v) is 2.44. The Morgan fingerprint density at radius 2 is 2.21 bits per heavy atom. The molecule has 0 aromatic carbocycles. The molecular weight excluding hydrogens is 178 g/mol. The Kier molecular flexibility index (Phi) is 4.23. The number of amides is 1. The summed E-state index contributed by atoms with van der Waals surface area (Å²) in [4.78, 5) is 11.2.